The summed E-state index contributed by atoms with van der Waals surface area (Å²) in [4.78, 5) is 25.4. The summed E-state index contributed by atoms with van der Waals surface area (Å²) < 4.78 is 67.5. The fourth-order valence-corrected chi connectivity index (χ4v) is 4.21. The molecule has 1 aliphatic heterocycles. The molecule has 0 saturated heterocycles. The summed E-state index contributed by atoms with van der Waals surface area (Å²) in [5.74, 6) is -3.19. The molecule has 2 N–H and O–H groups in total. The van der Waals surface area contributed by atoms with Gasteiger partial charge in [-0.2, -0.15) is 13.2 Å². The van der Waals surface area contributed by atoms with Crippen LogP contribution >= 0.6 is 15.9 Å². The summed E-state index contributed by atoms with van der Waals surface area (Å²) in [5, 5.41) is 5.21. The van der Waals surface area contributed by atoms with Crippen LogP contribution in [0, 0.1) is 18.6 Å². The number of anilines is 1. The molecule has 1 aliphatic rings. The van der Waals surface area contributed by atoms with Crippen molar-refractivity contribution in [3.8, 4) is 0 Å². The molecule has 3 aromatic rings. The molecule has 2 amide bonds. The van der Waals surface area contributed by atoms with Crippen LogP contribution in [0.25, 0.3) is 0 Å². The largest absolute Gasteiger partial charge is 0.416 e. The molecule has 0 spiro atoms. The van der Waals surface area contributed by atoms with Gasteiger partial charge >= 0.3 is 6.18 Å². The molecule has 0 aliphatic carbocycles. The van der Waals surface area contributed by atoms with Crippen LogP contribution in [0.1, 0.15) is 49.0 Å². The number of amides is 2. The highest BCUT2D eigenvalue weighted by atomic mass is 79.9. The van der Waals surface area contributed by atoms with Crippen molar-refractivity contribution in [1.29, 1.82) is 0 Å². The van der Waals surface area contributed by atoms with Gasteiger partial charge in [0.25, 0.3) is 11.8 Å². The highest BCUT2D eigenvalue weighted by molar-refractivity contribution is 9.10. The lowest BCUT2D eigenvalue weighted by Gasteiger charge is -2.19. The van der Waals surface area contributed by atoms with E-state index in [4.69, 9.17) is 0 Å². The molecule has 0 aromatic heterocycles. The number of benzene rings is 3. The van der Waals surface area contributed by atoms with E-state index in [9.17, 15) is 31.5 Å². The molecule has 1 heterocycles. The number of alkyl halides is 3. The van der Waals surface area contributed by atoms with E-state index in [0.717, 1.165) is 0 Å². The van der Waals surface area contributed by atoms with Crippen molar-refractivity contribution in [2.24, 2.45) is 0 Å². The van der Waals surface area contributed by atoms with E-state index in [0.29, 0.717) is 33.8 Å². The van der Waals surface area contributed by atoms with Gasteiger partial charge < -0.3 is 10.6 Å². The van der Waals surface area contributed by atoms with Gasteiger partial charge in [-0.1, -0.05) is 28.1 Å². The zero-order valence-electron chi connectivity index (χ0n) is 16.8. The van der Waals surface area contributed by atoms with Gasteiger partial charge in [0.1, 0.15) is 11.6 Å². The first kappa shape index (κ1) is 22.9. The third kappa shape index (κ3) is 4.35. The van der Waals surface area contributed by atoms with Crippen LogP contribution < -0.4 is 10.6 Å². The van der Waals surface area contributed by atoms with Crippen LogP contribution in [0.15, 0.2) is 53.0 Å². The number of nitrogens with one attached hydrogen (secondary N) is 2. The number of halogens is 6. The number of rotatable bonds is 3. The zero-order valence-corrected chi connectivity index (χ0v) is 18.4. The van der Waals surface area contributed by atoms with E-state index in [-0.39, 0.29) is 16.8 Å². The van der Waals surface area contributed by atoms with E-state index in [1.807, 2.05) is 0 Å². The molecule has 0 saturated carbocycles. The first-order valence-corrected chi connectivity index (χ1v) is 10.3. The smallest absolute Gasteiger partial charge is 0.341 e. The Morgan fingerprint density at radius 2 is 1.82 bits per heavy atom. The van der Waals surface area contributed by atoms with E-state index in [1.165, 1.54) is 31.2 Å². The first-order chi connectivity index (χ1) is 15.5. The first-order valence-electron chi connectivity index (χ1n) is 9.54. The number of fused-ring (bicyclic) bond motifs is 1. The molecule has 1 unspecified atom stereocenters. The molecular formula is C23H14BrF5N2O2. The van der Waals surface area contributed by atoms with Gasteiger partial charge in [0.15, 0.2) is 0 Å². The van der Waals surface area contributed by atoms with E-state index < -0.39 is 46.8 Å². The summed E-state index contributed by atoms with van der Waals surface area (Å²) in [6.45, 7) is 1.54. The van der Waals surface area contributed by atoms with Gasteiger partial charge in [0, 0.05) is 26.9 Å². The SMILES string of the molecule is Cc1c(F)cccc1C1NC(=O)c2cc(Br)cc(NC(=O)c3cc(F)cc(C(F)(F)F)c3)c21. The molecular weight excluding hydrogens is 511 g/mol. The molecule has 170 valence electrons. The maximum Gasteiger partial charge on any atom is 0.416 e. The van der Waals surface area contributed by atoms with Crippen molar-refractivity contribution >= 4 is 33.4 Å². The lowest BCUT2D eigenvalue weighted by Crippen LogP contribution is -2.21. The average Bonchev–Trinajstić information content (AvgIpc) is 3.05. The van der Waals surface area contributed by atoms with Crippen LogP contribution in [0.4, 0.5) is 27.6 Å². The minimum Gasteiger partial charge on any atom is -0.341 e. The molecule has 33 heavy (non-hydrogen) atoms. The number of carbonyl (C=O) groups excluding carboxylic acids is 2. The summed E-state index contributed by atoms with van der Waals surface area (Å²) >= 11 is 3.24. The Morgan fingerprint density at radius 3 is 2.52 bits per heavy atom. The summed E-state index contributed by atoms with van der Waals surface area (Å²) in [7, 11) is 0. The molecule has 3 aromatic carbocycles. The van der Waals surface area contributed by atoms with Crippen LogP contribution in [-0.4, -0.2) is 11.8 Å². The zero-order chi connectivity index (χ0) is 24.1. The Morgan fingerprint density at radius 1 is 1.09 bits per heavy atom. The molecule has 4 nitrogen and oxygen atoms in total. The third-order valence-electron chi connectivity index (χ3n) is 5.31. The van der Waals surface area contributed by atoms with Crippen LogP contribution in [0.3, 0.4) is 0 Å². The molecule has 1 atom stereocenters. The van der Waals surface area contributed by atoms with Gasteiger partial charge in [-0.05, 0) is 54.4 Å². The Labute approximate surface area is 192 Å². The van der Waals surface area contributed by atoms with Crippen molar-refractivity contribution < 1.29 is 31.5 Å². The topological polar surface area (TPSA) is 58.2 Å². The number of hydrogen-bond acceptors (Lipinski definition) is 2. The lowest BCUT2D eigenvalue weighted by atomic mass is 9.93. The van der Waals surface area contributed by atoms with Gasteiger partial charge in [-0.25, -0.2) is 8.78 Å². The summed E-state index contributed by atoms with van der Waals surface area (Å²) in [6.07, 6.45) is -4.84. The number of hydrogen-bond donors (Lipinski definition) is 2. The maximum atomic E-state index is 14.2. The second-order valence-corrected chi connectivity index (χ2v) is 8.37. The predicted molar refractivity (Wildman–Crippen MR) is 114 cm³/mol. The van der Waals surface area contributed by atoms with Crippen molar-refractivity contribution in [3.05, 3.63) is 98.0 Å². The minimum atomic E-state index is -4.84. The van der Waals surface area contributed by atoms with Crippen LogP contribution in [0.5, 0.6) is 0 Å². The molecule has 0 radical (unpaired) electrons. The quantitative estimate of drug-likeness (QED) is 0.404. The fourth-order valence-electron chi connectivity index (χ4n) is 3.75. The second kappa shape index (κ2) is 8.26. The van der Waals surface area contributed by atoms with E-state index in [2.05, 4.69) is 26.6 Å². The predicted octanol–water partition coefficient (Wildman–Crippen LogP) is 6.14. The minimum absolute atomic E-state index is 0.106. The maximum absolute atomic E-state index is 14.2. The summed E-state index contributed by atoms with van der Waals surface area (Å²) in [5.41, 5.74) is -0.500. The van der Waals surface area contributed by atoms with Gasteiger partial charge in [-0.15, -0.1) is 0 Å². The van der Waals surface area contributed by atoms with Crippen molar-refractivity contribution in [2.75, 3.05) is 5.32 Å². The van der Waals surface area contributed by atoms with Crippen LogP contribution in [-0.2, 0) is 6.18 Å². The van der Waals surface area contributed by atoms with Crippen LogP contribution in [0.2, 0.25) is 0 Å². The fraction of sp³-hybridized carbons (Fsp3) is 0.130. The van der Waals surface area contributed by atoms with Crippen molar-refractivity contribution in [3.63, 3.8) is 0 Å². The average molecular weight is 525 g/mol. The highest BCUT2D eigenvalue weighted by Gasteiger charge is 2.35. The Kier molecular flexibility index (Phi) is 5.73. The second-order valence-electron chi connectivity index (χ2n) is 7.46. The molecule has 0 fully saturated rings. The van der Waals surface area contributed by atoms with Gasteiger partial charge in [-0.3, -0.25) is 9.59 Å². The molecule has 0 bridgehead atoms. The van der Waals surface area contributed by atoms with Crippen molar-refractivity contribution in [1.82, 2.24) is 5.32 Å². The Bertz CT molecular complexity index is 1310. The monoisotopic (exact) mass is 524 g/mol. The summed E-state index contributed by atoms with van der Waals surface area (Å²) in [6, 6.07) is 8.03. The van der Waals surface area contributed by atoms with Gasteiger partial charge in [0.2, 0.25) is 0 Å². The lowest BCUT2D eigenvalue weighted by molar-refractivity contribution is -0.137. The highest BCUT2D eigenvalue weighted by Crippen LogP contribution is 2.40. The number of carbonyl (C=O) groups is 2. The normalized spacial score (nSPS) is 15.2. The third-order valence-corrected chi connectivity index (χ3v) is 5.77. The molecule has 10 heteroatoms. The van der Waals surface area contributed by atoms with E-state index >= 15 is 0 Å². The standard InChI is InChI=1S/C23H14BrF5N2O2/c1-10-15(3-2-4-17(10)26)20-19-16(22(33)31-20)8-13(24)9-18(19)30-21(32)11-5-12(23(27,28)29)7-14(25)6-11/h2-9,20H,1H3,(H,30,32)(H,31,33). The Balaban J connectivity index is 1.79. The van der Waals surface area contributed by atoms with Gasteiger partial charge in [0.05, 0.1) is 11.6 Å². The van der Waals surface area contributed by atoms with E-state index in [1.54, 1.807) is 6.07 Å². The Hall–Kier alpha value is -3.27. The molecule has 4 rings (SSSR count). The van der Waals surface area contributed by atoms with Crippen molar-refractivity contribution in [2.45, 2.75) is 19.1 Å².